The molecule has 26 heavy (non-hydrogen) atoms. The molecule has 1 aromatic heterocycles. The molecule has 1 aliphatic rings. The van der Waals surface area contributed by atoms with Crippen molar-refractivity contribution in [3.63, 3.8) is 0 Å². The van der Waals surface area contributed by atoms with Gasteiger partial charge in [0.2, 0.25) is 5.78 Å². The minimum absolute atomic E-state index is 0.117. The van der Waals surface area contributed by atoms with Crippen LogP contribution in [0.5, 0.6) is 5.75 Å². The summed E-state index contributed by atoms with van der Waals surface area (Å²) < 4.78 is 31.0. The molecule has 2 aromatic rings. The van der Waals surface area contributed by atoms with Gasteiger partial charge in [-0.15, -0.1) is 0 Å². The number of ketones is 1. The van der Waals surface area contributed by atoms with E-state index in [0.29, 0.717) is 27.8 Å². The van der Waals surface area contributed by atoms with Crippen LogP contribution in [0.25, 0.3) is 0 Å². The first-order valence-electron chi connectivity index (χ1n) is 8.18. The molecule has 0 N–H and O–H groups in total. The van der Waals surface area contributed by atoms with Gasteiger partial charge in [-0.1, -0.05) is 23.2 Å². The molecule has 0 aliphatic carbocycles. The van der Waals surface area contributed by atoms with Crippen LogP contribution >= 0.6 is 23.2 Å². The lowest BCUT2D eigenvalue weighted by Crippen LogP contribution is -2.16. The molecule has 0 amide bonds. The molecule has 0 radical (unpaired) electrons. The number of Topliss-reactive ketones (excluding diaryl/α,β-unsaturated/α-hetero) is 1. The number of rotatable bonds is 5. The van der Waals surface area contributed by atoms with Crippen molar-refractivity contribution < 1.29 is 17.9 Å². The minimum atomic E-state index is -3.00. The van der Waals surface area contributed by atoms with E-state index in [1.165, 1.54) is 0 Å². The predicted molar refractivity (Wildman–Crippen MR) is 103 cm³/mol. The largest absolute Gasteiger partial charge is 0.484 e. The van der Waals surface area contributed by atoms with Crippen LogP contribution in [0.2, 0.25) is 10.0 Å². The summed E-state index contributed by atoms with van der Waals surface area (Å²) >= 11 is 11.9. The predicted octanol–water partition coefficient (Wildman–Crippen LogP) is 4.03. The van der Waals surface area contributed by atoms with Crippen molar-refractivity contribution in [1.29, 1.82) is 0 Å². The van der Waals surface area contributed by atoms with Gasteiger partial charge < -0.3 is 9.30 Å². The lowest BCUT2D eigenvalue weighted by atomic mass is 10.1. The van der Waals surface area contributed by atoms with Crippen LogP contribution in [-0.4, -0.2) is 36.9 Å². The van der Waals surface area contributed by atoms with Gasteiger partial charge in [-0.2, -0.15) is 0 Å². The monoisotopic (exact) mass is 415 g/mol. The zero-order valence-electron chi connectivity index (χ0n) is 14.5. The smallest absolute Gasteiger partial charge is 0.202 e. The van der Waals surface area contributed by atoms with Gasteiger partial charge in [-0.3, -0.25) is 4.79 Å². The first-order chi connectivity index (χ1) is 12.2. The SMILES string of the molecule is Cc1cc(C(=O)COc2ccc(Cl)cc2Cl)c(C)n1C1CCS(=O)(=O)C1. The molecule has 1 atom stereocenters. The Labute approximate surface area is 162 Å². The third-order valence-corrected chi connectivity index (χ3v) is 6.89. The average molecular weight is 416 g/mol. The molecule has 2 heterocycles. The first kappa shape index (κ1) is 19.3. The van der Waals surface area contributed by atoms with Crippen molar-refractivity contribution in [2.75, 3.05) is 18.1 Å². The third kappa shape index (κ3) is 3.92. The van der Waals surface area contributed by atoms with Gasteiger partial charge in [-0.25, -0.2) is 8.42 Å². The lowest BCUT2D eigenvalue weighted by molar-refractivity contribution is 0.0921. The molecule has 1 aliphatic heterocycles. The normalized spacial score (nSPS) is 18.8. The van der Waals surface area contributed by atoms with Crippen LogP contribution in [0.3, 0.4) is 0 Å². The molecule has 3 rings (SSSR count). The average Bonchev–Trinajstić information content (AvgIpc) is 3.05. The molecule has 1 fully saturated rings. The quantitative estimate of drug-likeness (QED) is 0.691. The molecule has 0 saturated carbocycles. The van der Waals surface area contributed by atoms with Crippen LogP contribution in [0, 0.1) is 13.8 Å². The number of aromatic nitrogens is 1. The number of carbonyl (C=O) groups is 1. The van der Waals surface area contributed by atoms with E-state index in [-0.39, 0.29) is 29.9 Å². The second kappa shape index (κ2) is 7.25. The first-order valence-corrected chi connectivity index (χ1v) is 10.8. The third-order valence-electron chi connectivity index (χ3n) is 4.61. The molecule has 0 bridgehead atoms. The van der Waals surface area contributed by atoms with Crippen LogP contribution in [-0.2, 0) is 9.84 Å². The molecular weight excluding hydrogens is 397 g/mol. The molecule has 1 aromatic carbocycles. The number of benzene rings is 1. The topological polar surface area (TPSA) is 65.4 Å². The van der Waals surface area contributed by atoms with E-state index < -0.39 is 9.84 Å². The fraction of sp³-hybridized carbons (Fsp3) is 0.389. The van der Waals surface area contributed by atoms with Gasteiger partial charge in [-0.05, 0) is 44.5 Å². The van der Waals surface area contributed by atoms with Crippen LogP contribution in [0.15, 0.2) is 24.3 Å². The van der Waals surface area contributed by atoms with Gasteiger partial charge in [0.25, 0.3) is 0 Å². The molecule has 8 heteroatoms. The van der Waals surface area contributed by atoms with Gasteiger partial charge in [0.15, 0.2) is 16.4 Å². The fourth-order valence-electron chi connectivity index (χ4n) is 3.41. The van der Waals surface area contributed by atoms with Crippen molar-refractivity contribution in [1.82, 2.24) is 4.57 Å². The van der Waals surface area contributed by atoms with E-state index in [1.54, 1.807) is 24.3 Å². The number of hydrogen-bond donors (Lipinski definition) is 0. The summed E-state index contributed by atoms with van der Waals surface area (Å²) in [5.74, 6) is 0.515. The zero-order chi connectivity index (χ0) is 19.1. The molecule has 140 valence electrons. The highest BCUT2D eigenvalue weighted by Crippen LogP contribution is 2.30. The Hall–Kier alpha value is -1.50. The van der Waals surface area contributed by atoms with Gasteiger partial charge in [0.05, 0.1) is 16.5 Å². The number of carbonyl (C=O) groups excluding carboxylic acids is 1. The van der Waals surface area contributed by atoms with E-state index in [1.807, 2.05) is 18.4 Å². The van der Waals surface area contributed by atoms with Crippen LogP contribution in [0.1, 0.15) is 34.2 Å². The summed E-state index contributed by atoms with van der Waals surface area (Å²) in [4.78, 5) is 12.6. The van der Waals surface area contributed by atoms with E-state index >= 15 is 0 Å². The summed E-state index contributed by atoms with van der Waals surface area (Å²) in [7, 11) is -3.00. The second-order valence-electron chi connectivity index (χ2n) is 6.50. The van der Waals surface area contributed by atoms with Crippen molar-refractivity contribution in [3.05, 3.63) is 51.3 Å². The van der Waals surface area contributed by atoms with E-state index in [2.05, 4.69) is 0 Å². The lowest BCUT2D eigenvalue weighted by Gasteiger charge is -2.16. The van der Waals surface area contributed by atoms with Crippen LogP contribution in [0.4, 0.5) is 0 Å². The Morgan fingerprint density at radius 2 is 2.00 bits per heavy atom. The molecule has 1 saturated heterocycles. The Bertz CT molecular complexity index is 966. The summed E-state index contributed by atoms with van der Waals surface area (Å²) in [5, 5.41) is 0.829. The Morgan fingerprint density at radius 3 is 2.62 bits per heavy atom. The number of hydrogen-bond acceptors (Lipinski definition) is 4. The highest BCUT2D eigenvalue weighted by molar-refractivity contribution is 7.91. The van der Waals surface area contributed by atoms with E-state index in [9.17, 15) is 13.2 Å². The van der Waals surface area contributed by atoms with E-state index in [4.69, 9.17) is 27.9 Å². The maximum atomic E-state index is 12.6. The highest BCUT2D eigenvalue weighted by atomic mass is 35.5. The second-order valence-corrected chi connectivity index (χ2v) is 9.57. The Balaban J connectivity index is 1.77. The maximum Gasteiger partial charge on any atom is 0.202 e. The van der Waals surface area contributed by atoms with Crippen molar-refractivity contribution in [2.45, 2.75) is 26.3 Å². The zero-order valence-corrected chi connectivity index (χ0v) is 16.8. The summed E-state index contributed by atoms with van der Waals surface area (Å²) in [5.41, 5.74) is 2.18. The van der Waals surface area contributed by atoms with Gasteiger partial charge >= 0.3 is 0 Å². The standard InChI is InChI=1S/C18H19Cl2NO4S/c1-11-7-15(12(2)21(11)14-5-6-26(23,24)10-14)17(22)9-25-18-4-3-13(19)8-16(18)20/h3-4,7-8,14H,5-6,9-10H2,1-2H3. The number of sulfone groups is 1. The van der Waals surface area contributed by atoms with Crippen molar-refractivity contribution >= 4 is 38.8 Å². The van der Waals surface area contributed by atoms with Crippen molar-refractivity contribution in [3.8, 4) is 5.75 Å². The minimum Gasteiger partial charge on any atom is -0.484 e. The van der Waals surface area contributed by atoms with Crippen molar-refractivity contribution in [2.24, 2.45) is 0 Å². The molecule has 0 spiro atoms. The van der Waals surface area contributed by atoms with Gasteiger partial charge in [0, 0.05) is 28.0 Å². The summed E-state index contributed by atoms with van der Waals surface area (Å²) in [6.07, 6.45) is 0.573. The Morgan fingerprint density at radius 1 is 1.27 bits per heavy atom. The fourth-order valence-corrected chi connectivity index (χ4v) is 5.58. The number of halogens is 2. The molecule has 1 unspecified atom stereocenters. The number of nitrogens with zero attached hydrogens (tertiary/aromatic N) is 1. The highest BCUT2D eigenvalue weighted by Gasteiger charge is 2.31. The number of aryl methyl sites for hydroxylation is 1. The van der Waals surface area contributed by atoms with Gasteiger partial charge in [0.1, 0.15) is 5.75 Å². The molecular formula is C18H19Cl2NO4S. The summed E-state index contributed by atoms with van der Waals surface area (Å²) in [6, 6.07) is 6.47. The van der Waals surface area contributed by atoms with E-state index in [0.717, 1.165) is 11.4 Å². The Kier molecular flexibility index (Phi) is 5.37. The summed E-state index contributed by atoms with van der Waals surface area (Å²) in [6.45, 7) is 3.56. The van der Waals surface area contributed by atoms with Crippen LogP contribution < -0.4 is 4.74 Å². The molecule has 5 nitrogen and oxygen atoms in total. The maximum absolute atomic E-state index is 12.6. The number of ether oxygens (including phenoxy) is 1.